The molecule has 30 heavy (non-hydrogen) atoms. The molecule has 0 saturated heterocycles. The molecule has 2 heterocycles. The summed E-state index contributed by atoms with van der Waals surface area (Å²) >= 11 is 3.49. The van der Waals surface area contributed by atoms with Crippen molar-refractivity contribution in [3.63, 3.8) is 0 Å². The molecule has 3 rings (SSSR count). The number of halogens is 1. The molecule has 1 aromatic carbocycles. The molecule has 0 fully saturated rings. The van der Waals surface area contributed by atoms with E-state index in [-0.39, 0.29) is 0 Å². The van der Waals surface area contributed by atoms with Gasteiger partial charge in [-0.1, -0.05) is 40.2 Å². The number of nitrogens with one attached hydrogen (secondary N) is 3. The van der Waals surface area contributed by atoms with Gasteiger partial charge in [-0.15, -0.1) is 0 Å². The van der Waals surface area contributed by atoms with E-state index in [1.165, 1.54) is 5.56 Å². The van der Waals surface area contributed by atoms with Gasteiger partial charge in [-0.25, -0.2) is 4.98 Å². The van der Waals surface area contributed by atoms with Gasteiger partial charge in [-0.3, -0.25) is 10.4 Å². The highest BCUT2D eigenvalue weighted by Gasteiger charge is 2.08. The van der Waals surface area contributed by atoms with Crippen LogP contribution in [-0.4, -0.2) is 35.6 Å². The summed E-state index contributed by atoms with van der Waals surface area (Å²) in [7, 11) is 0. The summed E-state index contributed by atoms with van der Waals surface area (Å²) in [5.74, 6) is 1.31. The van der Waals surface area contributed by atoms with Crippen LogP contribution in [0.5, 0.6) is 0 Å². The minimum absolute atomic E-state index is 0.350. The van der Waals surface area contributed by atoms with Crippen LogP contribution < -0.4 is 15.5 Å². The van der Waals surface area contributed by atoms with E-state index in [1.54, 1.807) is 6.20 Å². The first-order valence-electron chi connectivity index (χ1n) is 10.1. The lowest BCUT2D eigenvalue weighted by Crippen LogP contribution is -2.39. The number of nitrogens with zero attached hydrogens (tertiary/aromatic N) is 3. The van der Waals surface area contributed by atoms with Gasteiger partial charge < -0.3 is 15.5 Å². The lowest BCUT2D eigenvalue weighted by Gasteiger charge is -2.24. The predicted molar refractivity (Wildman–Crippen MR) is 126 cm³/mol. The highest BCUT2D eigenvalue weighted by molar-refractivity contribution is 9.10. The Kier molecular flexibility index (Phi) is 8.65. The van der Waals surface area contributed by atoms with E-state index in [0.717, 1.165) is 48.5 Å². The molecule has 3 aromatic rings. The van der Waals surface area contributed by atoms with E-state index in [2.05, 4.69) is 65.7 Å². The molecule has 7 heteroatoms. The molecule has 156 valence electrons. The highest BCUT2D eigenvalue weighted by Crippen LogP contribution is 2.16. The van der Waals surface area contributed by atoms with E-state index in [4.69, 9.17) is 5.41 Å². The molecule has 0 unspecified atom stereocenters. The van der Waals surface area contributed by atoms with E-state index in [9.17, 15) is 0 Å². The summed E-state index contributed by atoms with van der Waals surface area (Å²) in [5, 5.41) is 14.3. The summed E-state index contributed by atoms with van der Waals surface area (Å²) in [6.45, 7) is 3.05. The van der Waals surface area contributed by atoms with Crippen LogP contribution in [0.25, 0.3) is 0 Å². The lowest BCUT2D eigenvalue weighted by molar-refractivity contribution is 0.688. The second-order valence-corrected chi connectivity index (χ2v) is 7.80. The van der Waals surface area contributed by atoms with Crippen molar-refractivity contribution >= 4 is 27.7 Å². The van der Waals surface area contributed by atoms with Crippen molar-refractivity contribution in [1.29, 1.82) is 5.41 Å². The van der Waals surface area contributed by atoms with Gasteiger partial charge in [0.1, 0.15) is 5.82 Å². The van der Waals surface area contributed by atoms with Crippen LogP contribution >= 0.6 is 15.9 Å². The fourth-order valence-electron chi connectivity index (χ4n) is 3.03. The van der Waals surface area contributed by atoms with Crippen molar-refractivity contribution in [1.82, 2.24) is 20.6 Å². The number of guanidine groups is 1. The average molecular weight is 467 g/mol. The number of hydrogen-bond acceptors (Lipinski definition) is 4. The normalized spacial score (nSPS) is 10.4. The van der Waals surface area contributed by atoms with Gasteiger partial charge >= 0.3 is 0 Å². The molecule has 0 amide bonds. The Labute approximate surface area is 186 Å². The maximum Gasteiger partial charge on any atom is 0.188 e. The standard InChI is InChI=1S/C23H27BrN6/c24-20-10-8-19(9-11-20)18-30(22-7-2-4-14-27-22)17-5-15-28-23(25)29-16-12-21-6-1-3-13-26-21/h1-4,6-11,13-14H,5,12,15-18H2,(H3,25,28,29). The molecule has 0 atom stereocenters. The lowest BCUT2D eigenvalue weighted by atomic mass is 10.2. The number of benzene rings is 1. The molecule has 0 aliphatic rings. The second kappa shape index (κ2) is 11.9. The number of pyridine rings is 2. The molecule has 0 radical (unpaired) electrons. The maximum atomic E-state index is 8.03. The number of anilines is 1. The average Bonchev–Trinajstić information content (AvgIpc) is 2.78. The Morgan fingerprint density at radius 3 is 2.33 bits per heavy atom. The Hall–Kier alpha value is -2.93. The zero-order valence-electron chi connectivity index (χ0n) is 16.9. The third kappa shape index (κ3) is 7.48. The van der Waals surface area contributed by atoms with Gasteiger partial charge in [0.05, 0.1) is 0 Å². The molecule has 3 N–H and O–H groups in total. The van der Waals surface area contributed by atoms with Crippen molar-refractivity contribution < 1.29 is 0 Å². The van der Waals surface area contributed by atoms with Gasteiger partial charge in [-0.2, -0.15) is 0 Å². The van der Waals surface area contributed by atoms with Crippen LogP contribution in [0.1, 0.15) is 17.7 Å². The van der Waals surface area contributed by atoms with Crippen molar-refractivity contribution in [2.24, 2.45) is 0 Å². The quantitative estimate of drug-likeness (QED) is 0.239. The first-order valence-corrected chi connectivity index (χ1v) is 10.9. The topological polar surface area (TPSA) is 76.9 Å². The minimum Gasteiger partial charge on any atom is -0.357 e. The molecule has 2 aromatic heterocycles. The predicted octanol–water partition coefficient (Wildman–Crippen LogP) is 3.99. The molecular formula is C23H27BrN6. The van der Waals surface area contributed by atoms with Crippen molar-refractivity contribution in [2.45, 2.75) is 19.4 Å². The van der Waals surface area contributed by atoms with Gasteiger partial charge in [0.25, 0.3) is 0 Å². The molecular weight excluding hydrogens is 440 g/mol. The van der Waals surface area contributed by atoms with E-state index in [1.807, 2.05) is 42.6 Å². The molecule has 0 aliphatic heterocycles. The van der Waals surface area contributed by atoms with Crippen LogP contribution in [0.2, 0.25) is 0 Å². The van der Waals surface area contributed by atoms with Crippen LogP contribution in [0.15, 0.2) is 77.5 Å². The fourth-order valence-corrected chi connectivity index (χ4v) is 3.30. The number of rotatable bonds is 10. The van der Waals surface area contributed by atoms with Crippen molar-refractivity contribution in [3.05, 3.63) is 88.8 Å². The fraction of sp³-hybridized carbons (Fsp3) is 0.261. The third-order valence-electron chi connectivity index (χ3n) is 4.58. The molecule has 0 aliphatic carbocycles. The zero-order chi connectivity index (χ0) is 21.0. The van der Waals surface area contributed by atoms with Crippen molar-refractivity contribution in [2.75, 3.05) is 24.5 Å². The summed E-state index contributed by atoms with van der Waals surface area (Å²) < 4.78 is 1.08. The highest BCUT2D eigenvalue weighted by atomic mass is 79.9. The van der Waals surface area contributed by atoms with Crippen LogP contribution in [0, 0.1) is 5.41 Å². The molecule has 0 spiro atoms. The largest absolute Gasteiger partial charge is 0.357 e. The smallest absolute Gasteiger partial charge is 0.188 e. The van der Waals surface area contributed by atoms with Gasteiger partial charge in [0, 0.05) is 55.2 Å². The molecule has 0 bridgehead atoms. The maximum absolute atomic E-state index is 8.03. The van der Waals surface area contributed by atoms with Crippen molar-refractivity contribution in [3.8, 4) is 0 Å². The van der Waals surface area contributed by atoms with Gasteiger partial charge in [0.15, 0.2) is 5.96 Å². The second-order valence-electron chi connectivity index (χ2n) is 6.89. The Morgan fingerprint density at radius 2 is 1.63 bits per heavy atom. The van der Waals surface area contributed by atoms with Gasteiger partial charge in [0.2, 0.25) is 0 Å². The monoisotopic (exact) mass is 466 g/mol. The summed E-state index contributed by atoms with van der Waals surface area (Å²) in [6, 6.07) is 20.2. The summed E-state index contributed by atoms with van der Waals surface area (Å²) in [5.41, 5.74) is 2.26. The Bertz CT molecular complexity index is 887. The SMILES string of the molecule is N=C(NCCCN(Cc1ccc(Br)cc1)c1ccccn1)NCCc1ccccn1. The van der Waals surface area contributed by atoms with E-state index in [0.29, 0.717) is 12.5 Å². The minimum atomic E-state index is 0.350. The van der Waals surface area contributed by atoms with Gasteiger partial charge in [-0.05, 0) is 48.4 Å². The Balaban J connectivity index is 1.42. The number of aromatic nitrogens is 2. The molecule has 0 saturated carbocycles. The van der Waals surface area contributed by atoms with Crippen LogP contribution in [-0.2, 0) is 13.0 Å². The van der Waals surface area contributed by atoms with E-state index < -0.39 is 0 Å². The van der Waals surface area contributed by atoms with E-state index >= 15 is 0 Å². The zero-order valence-corrected chi connectivity index (χ0v) is 18.5. The Morgan fingerprint density at radius 1 is 0.900 bits per heavy atom. The van der Waals surface area contributed by atoms with Crippen LogP contribution in [0.3, 0.4) is 0 Å². The number of hydrogen-bond donors (Lipinski definition) is 3. The summed E-state index contributed by atoms with van der Waals surface area (Å²) in [4.78, 5) is 11.1. The first-order chi connectivity index (χ1) is 14.7. The first kappa shape index (κ1) is 21.8. The third-order valence-corrected chi connectivity index (χ3v) is 5.10. The molecule has 6 nitrogen and oxygen atoms in total. The summed E-state index contributed by atoms with van der Waals surface area (Å²) in [6.07, 6.45) is 5.31. The van der Waals surface area contributed by atoms with Crippen LogP contribution in [0.4, 0.5) is 5.82 Å².